The Kier molecular flexibility index (Phi) is 3.36. The lowest BCUT2D eigenvalue weighted by Crippen LogP contribution is -2.36. The SMILES string of the molecule is O=C(CCl)N1CCc2c(Cl)cc(F)cc2C1. The number of hydrogen-bond donors (Lipinski definition) is 0. The van der Waals surface area contributed by atoms with E-state index in [0.29, 0.717) is 24.5 Å². The van der Waals surface area contributed by atoms with Crippen LogP contribution in [0, 0.1) is 5.82 Å². The lowest BCUT2D eigenvalue weighted by molar-refractivity contribution is -0.129. The zero-order valence-corrected chi connectivity index (χ0v) is 9.98. The van der Waals surface area contributed by atoms with Gasteiger partial charge in [0, 0.05) is 18.1 Å². The second-order valence-corrected chi connectivity index (χ2v) is 4.40. The molecule has 0 fully saturated rings. The first-order valence-electron chi connectivity index (χ1n) is 4.92. The number of nitrogens with zero attached hydrogens (tertiary/aromatic N) is 1. The summed E-state index contributed by atoms with van der Waals surface area (Å²) in [6, 6.07) is 2.73. The van der Waals surface area contributed by atoms with Crippen molar-refractivity contribution in [2.24, 2.45) is 0 Å². The normalized spacial score (nSPS) is 14.8. The molecule has 16 heavy (non-hydrogen) atoms. The standard InChI is InChI=1S/C11H10Cl2FNO/c12-5-11(16)15-2-1-9-7(6-15)3-8(14)4-10(9)13/h3-4H,1-2,5-6H2. The van der Waals surface area contributed by atoms with E-state index < -0.39 is 0 Å². The maximum Gasteiger partial charge on any atom is 0.237 e. The Hall–Kier alpha value is -0.800. The highest BCUT2D eigenvalue weighted by atomic mass is 35.5. The van der Waals surface area contributed by atoms with Crippen molar-refractivity contribution in [3.63, 3.8) is 0 Å². The molecule has 1 aromatic rings. The number of fused-ring (bicyclic) bond motifs is 1. The molecule has 1 aromatic carbocycles. The van der Waals surface area contributed by atoms with Gasteiger partial charge in [-0.3, -0.25) is 4.79 Å². The Balaban J connectivity index is 2.30. The van der Waals surface area contributed by atoms with E-state index in [2.05, 4.69) is 0 Å². The van der Waals surface area contributed by atoms with Crippen molar-refractivity contribution >= 4 is 29.1 Å². The van der Waals surface area contributed by atoms with Crippen molar-refractivity contribution in [1.82, 2.24) is 4.90 Å². The number of halogens is 3. The quantitative estimate of drug-likeness (QED) is 0.712. The fourth-order valence-electron chi connectivity index (χ4n) is 1.91. The van der Waals surface area contributed by atoms with Crippen LogP contribution in [0.2, 0.25) is 5.02 Å². The van der Waals surface area contributed by atoms with E-state index in [-0.39, 0.29) is 17.6 Å². The van der Waals surface area contributed by atoms with Crippen molar-refractivity contribution < 1.29 is 9.18 Å². The van der Waals surface area contributed by atoms with Gasteiger partial charge in [0.2, 0.25) is 5.91 Å². The molecule has 0 spiro atoms. The van der Waals surface area contributed by atoms with Crippen LogP contribution in [-0.4, -0.2) is 23.2 Å². The minimum absolute atomic E-state index is 0.0433. The Morgan fingerprint density at radius 2 is 2.25 bits per heavy atom. The van der Waals surface area contributed by atoms with E-state index in [1.165, 1.54) is 12.1 Å². The van der Waals surface area contributed by atoms with E-state index >= 15 is 0 Å². The molecule has 0 saturated heterocycles. The molecule has 0 bridgehead atoms. The third-order valence-corrected chi connectivity index (χ3v) is 3.28. The van der Waals surface area contributed by atoms with Crippen molar-refractivity contribution in [3.8, 4) is 0 Å². The number of carbonyl (C=O) groups excluding carboxylic acids is 1. The lowest BCUT2D eigenvalue weighted by Gasteiger charge is -2.28. The van der Waals surface area contributed by atoms with Crippen LogP contribution in [0.5, 0.6) is 0 Å². The largest absolute Gasteiger partial charge is 0.337 e. The van der Waals surface area contributed by atoms with Gasteiger partial charge in [-0.1, -0.05) is 11.6 Å². The second kappa shape index (κ2) is 4.60. The maximum atomic E-state index is 13.2. The van der Waals surface area contributed by atoms with E-state index in [0.717, 1.165) is 11.1 Å². The molecule has 1 aliphatic rings. The summed E-state index contributed by atoms with van der Waals surface area (Å²) in [5, 5.41) is 0.438. The van der Waals surface area contributed by atoms with Gasteiger partial charge in [-0.15, -0.1) is 11.6 Å². The zero-order valence-electron chi connectivity index (χ0n) is 8.47. The number of amides is 1. The molecule has 2 nitrogen and oxygen atoms in total. The summed E-state index contributed by atoms with van der Waals surface area (Å²) >= 11 is 11.4. The van der Waals surface area contributed by atoms with Gasteiger partial charge >= 0.3 is 0 Å². The molecule has 0 saturated carbocycles. The van der Waals surface area contributed by atoms with E-state index in [1.807, 2.05) is 0 Å². The van der Waals surface area contributed by atoms with E-state index in [9.17, 15) is 9.18 Å². The minimum Gasteiger partial charge on any atom is -0.337 e. The van der Waals surface area contributed by atoms with Gasteiger partial charge in [-0.2, -0.15) is 0 Å². The molecule has 0 radical (unpaired) electrons. The second-order valence-electron chi connectivity index (χ2n) is 3.72. The van der Waals surface area contributed by atoms with Crippen molar-refractivity contribution in [2.75, 3.05) is 12.4 Å². The van der Waals surface area contributed by atoms with Crippen LogP contribution in [0.3, 0.4) is 0 Å². The molecule has 0 unspecified atom stereocenters. The number of carbonyl (C=O) groups is 1. The number of rotatable bonds is 1. The van der Waals surface area contributed by atoms with Crippen LogP contribution >= 0.6 is 23.2 Å². The van der Waals surface area contributed by atoms with Crippen LogP contribution in [0.1, 0.15) is 11.1 Å². The Morgan fingerprint density at radius 3 is 2.94 bits per heavy atom. The summed E-state index contributed by atoms with van der Waals surface area (Å²) in [5.74, 6) is -0.546. The predicted molar refractivity (Wildman–Crippen MR) is 61.3 cm³/mol. The molecule has 0 N–H and O–H groups in total. The minimum atomic E-state index is -0.371. The molecule has 1 amide bonds. The fourth-order valence-corrected chi connectivity index (χ4v) is 2.40. The summed E-state index contributed by atoms with van der Waals surface area (Å²) in [6.45, 7) is 0.974. The molecule has 0 aromatic heterocycles. The topological polar surface area (TPSA) is 20.3 Å². The molecule has 5 heteroatoms. The van der Waals surface area contributed by atoms with Crippen LogP contribution in [0.4, 0.5) is 4.39 Å². The summed E-state index contributed by atoms with van der Waals surface area (Å²) < 4.78 is 13.2. The summed E-state index contributed by atoms with van der Waals surface area (Å²) in [6.07, 6.45) is 0.650. The molecule has 0 atom stereocenters. The highest BCUT2D eigenvalue weighted by Gasteiger charge is 2.22. The Labute approximate surface area is 103 Å². The summed E-state index contributed by atoms with van der Waals surface area (Å²) in [5.41, 5.74) is 1.71. The molecule has 2 rings (SSSR count). The monoisotopic (exact) mass is 261 g/mol. The molecule has 1 heterocycles. The Morgan fingerprint density at radius 1 is 1.50 bits per heavy atom. The first-order valence-corrected chi connectivity index (χ1v) is 5.83. The van der Waals surface area contributed by atoms with Gasteiger partial charge < -0.3 is 4.90 Å². The van der Waals surface area contributed by atoms with Crippen LogP contribution in [-0.2, 0) is 17.8 Å². The third kappa shape index (κ3) is 2.15. The van der Waals surface area contributed by atoms with Crippen molar-refractivity contribution in [3.05, 3.63) is 34.1 Å². The summed E-state index contributed by atoms with van der Waals surface area (Å²) in [7, 11) is 0. The van der Waals surface area contributed by atoms with E-state index in [4.69, 9.17) is 23.2 Å². The zero-order chi connectivity index (χ0) is 11.7. The lowest BCUT2D eigenvalue weighted by atomic mass is 9.99. The number of benzene rings is 1. The third-order valence-electron chi connectivity index (χ3n) is 2.71. The van der Waals surface area contributed by atoms with Gasteiger partial charge in [0.25, 0.3) is 0 Å². The molecular weight excluding hydrogens is 252 g/mol. The molecule has 1 aliphatic heterocycles. The number of hydrogen-bond acceptors (Lipinski definition) is 1. The van der Waals surface area contributed by atoms with Crippen LogP contribution < -0.4 is 0 Å². The highest BCUT2D eigenvalue weighted by molar-refractivity contribution is 6.31. The van der Waals surface area contributed by atoms with Gasteiger partial charge in [0.05, 0.1) is 0 Å². The van der Waals surface area contributed by atoms with Crippen LogP contribution in [0.15, 0.2) is 12.1 Å². The number of alkyl halides is 1. The first kappa shape index (κ1) is 11.7. The van der Waals surface area contributed by atoms with Crippen LogP contribution in [0.25, 0.3) is 0 Å². The van der Waals surface area contributed by atoms with Gasteiger partial charge in [0.15, 0.2) is 0 Å². The van der Waals surface area contributed by atoms with Gasteiger partial charge in [-0.25, -0.2) is 4.39 Å². The molecule has 0 aliphatic carbocycles. The predicted octanol–water partition coefficient (Wildman–Crippen LogP) is 2.60. The first-order chi connectivity index (χ1) is 7.61. The van der Waals surface area contributed by atoms with Crippen molar-refractivity contribution in [2.45, 2.75) is 13.0 Å². The Bertz CT molecular complexity index is 436. The van der Waals surface area contributed by atoms with Gasteiger partial charge in [-0.05, 0) is 29.7 Å². The molecule has 86 valence electrons. The smallest absolute Gasteiger partial charge is 0.237 e. The van der Waals surface area contributed by atoms with Crippen molar-refractivity contribution in [1.29, 1.82) is 0 Å². The summed E-state index contributed by atoms with van der Waals surface area (Å²) in [4.78, 5) is 13.0. The average molecular weight is 262 g/mol. The average Bonchev–Trinajstić information content (AvgIpc) is 2.27. The highest BCUT2D eigenvalue weighted by Crippen LogP contribution is 2.27. The maximum absolute atomic E-state index is 13.2. The van der Waals surface area contributed by atoms with E-state index in [1.54, 1.807) is 4.90 Å². The molecular formula is C11H10Cl2FNO. The fraction of sp³-hybridized carbons (Fsp3) is 0.364. The van der Waals surface area contributed by atoms with Gasteiger partial charge in [0.1, 0.15) is 11.7 Å².